The summed E-state index contributed by atoms with van der Waals surface area (Å²) in [5.41, 5.74) is 0.952. The largest absolute Gasteiger partial charge is 0.507 e. The zero-order valence-corrected chi connectivity index (χ0v) is 12.7. The Bertz CT molecular complexity index is 411. The SMILES string of the molecule is COc1ccc(C(C)NC2CCCCCCC2)c(O)c1. The fourth-order valence-electron chi connectivity index (χ4n) is 3.08. The summed E-state index contributed by atoms with van der Waals surface area (Å²) in [5, 5.41) is 13.8. The number of benzene rings is 1. The van der Waals surface area contributed by atoms with Gasteiger partial charge in [0, 0.05) is 23.7 Å². The molecule has 0 radical (unpaired) electrons. The number of rotatable bonds is 4. The van der Waals surface area contributed by atoms with Crippen LogP contribution in [-0.2, 0) is 0 Å². The van der Waals surface area contributed by atoms with Crippen LogP contribution in [0.4, 0.5) is 0 Å². The molecule has 1 unspecified atom stereocenters. The highest BCUT2D eigenvalue weighted by molar-refractivity contribution is 5.41. The van der Waals surface area contributed by atoms with Crippen LogP contribution in [0.2, 0.25) is 0 Å². The maximum Gasteiger partial charge on any atom is 0.124 e. The van der Waals surface area contributed by atoms with E-state index in [1.54, 1.807) is 13.2 Å². The first-order chi connectivity index (χ1) is 9.70. The molecule has 0 saturated heterocycles. The topological polar surface area (TPSA) is 41.5 Å². The minimum Gasteiger partial charge on any atom is -0.507 e. The molecule has 3 heteroatoms. The normalized spacial score (nSPS) is 19.1. The molecule has 2 rings (SSSR count). The highest BCUT2D eigenvalue weighted by atomic mass is 16.5. The van der Waals surface area contributed by atoms with Gasteiger partial charge in [-0.1, -0.05) is 38.2 Å². The van der Waals surface area contributed by atoms with Crippen molar-refractivity contribution >= 4 is 0 Å². The lowest BCUT2D eigenvalue weighted by atomic mass is 9.95. The highest BCUT2D eigenvalue weighted by Crippen LogP contribution is 2.29. The second-order valence-corrected chi connectivity index (χ2v) is 5.86. The van der Waals surface area contributed by atoms with Gasteiger partial charge in [0.15, 0.2) is 0 Å². The predicted octanol–water partition coefficient (Wildman–Crippen LogP) is 4.16. The number of phenols is 1. The van der Waals surface area contributed by atoms with E-state index in [1.807, 2.05) is 12.1 Å². The van der Waals surface area contributed by atoms with E-state index in [9.17, 15) is 5.11 Å². The van der Waals surface area contributed by atoms with Gasteiger partial charge in [0.25, 0.3) is 0 Å². The summed E-state index contributed by atoms with van der Waals surface area (Å²) < 4.78 is 5.13. The molecule has 0 amide bonds. The molecule has 1 saturated carbocycles. The predicted molar refractivity (Wildman–Crippen MR) is 82.3 cm³/mol. The summed E-state index contributed by atoms with van der Waals surface area (Å²) in [6.45, 7) is 2.13. The summed E-state index contributed by atoms with van der Waals surface area (Å²) in [6, 6.07) is 6.29. The van der Waals surface area contributed by atoms with Crippen molar-refractivity contribution in [3.05, 3.63) is 23.8 Å². The molecule has 20 heavy (non-hydrogen) atoms. The molecule has 2 N–H and O–H groups in total. The second kappa shape index (κ2) is 7.53. The Balaban J connectivity index is 1.97. The molecule has 0 heterocycles. The molecule has 0 bridgehead atoms. The van der Waals surface area contributed by atoms with Crippen LogP contribution < -0.4 is 10.1 Å². The van der Waals surface area contributed by atoms with Crippen LogP contribution in [0, 0.1) is 0 Å². The summed E-state index contributed by atoms with van der Waals surface area (Å²) in [4.78, 5) is 0. The van der Waals surface area contributed by atoms with E-state index in [4.69, 9.17) is 4.74 Å². The van der Waals surface area contributed by atoms with E-state index in [1.165, 1.54) is 44.9 Å². The van der Waals surface area contributed by atoms with Gasteiger partial charge in [-0.2, -0.15) is 0 Å². The van der Waals surface area contributed by atoms with Crippen molar-refractivity contribution in [3.8, 4) is 11.5 Å². The van der Waals surface area contributed by atoms with Gasteiger partial charge in [-0.25, -0.2) is 0 Å². The highest BCUT2D eigenvalue weighted by Gasteiger charge is 2.17. The average molecular weight is 277 g/mol. The van der Waals surface area contributed by atoms with Gasteiger partial charge in [-0.05, 0) is 25.8 Å². The molecule has 112 valence electrons. The van der Waals surface area contributed by atoms with Crippen molar-refractivity contribution in [1.29, 1.82) is 0 Å². The van der Waals surface area contributed by atoms with Crippen LogP contribution in [0.25, 0.3) is 0 Å². The lowest BCUT2D eigenvalue weighted by molar-refractivity contribution is 0.355. The van der Waals surface area contributed by atoms with Crippen molar-refractivity contribution in [1.82, 2.24) is 5.32 Å². The molecule has 1 aromatic carbocycles. The number of hydrogen-bond acceptors (Lipinski definition) is 3. The summed E-state index contributed by atoms with van der Waals surface area (Å²) in [5.74, 6) is 1.01. The molecule has 1 atom stereocenters. The van der Waals surface area contributed by atoms with Crippen LogP contribution in [-0.4, -0.2) is 18.3 Å². The van der Waals surface area contributed by atoms with Crippen LogP contribution in [0.15, 0.2) is 18.2 Å². The Morgan fingerprint density at radius 3 is 2.40 bits per heavy atom. The lowest BCUT2D eigenvalue weighted by Gasteiger charge is -2.26. The Kier molecular flexibility index (Phi) is 5.72. The Labute approximate surface area is 122 Å². The number of aromatic hydroxyl groups is 1. The van der Waals surface area contributed by atoms with E-state index in [0.717, 1.165) is 5.56 Å². The van der Waals surface area contributed by atoms with Crippen molar-refractivity contribution in [3.63, 3.8) is 0 Å². The van der Waals surface area contributed by atoms with Crippen LogP contribution >= 0.6 is 0 Å². The fraction of sp³-hybridized carbons (Fsp3) is 0.647. The van der Waals surface area contributed by atoms with Crippen LogP contribution in [0.3, 0.4) is 0 Å². The van der Waals surface area contributed by atoms with Crippen molar-refractivity contribution in [2.45, 2.75) is 64.0 Å². The molecule has 1 aliphatic carbocycles. The molecule has 0 aliphatic heterocycles. The second-order valence-electron chi connectivity index (χ2n) is 5.86. The molecular formula is C17H27NO2. The molecule has 1 fully saturated rings. The van der Waals surface area contributed by atoms with Gasteiger partial charge in [-0.3, -0.25) is 0 Å². The van der Waals surface area contributed by atoms with Crippen LogP contribution in [0.5, 0.6) is 11.5 Å². The van der Waals surface area contributed by atoms with E-state index < -0.39 is 0 Å². The van der Waals surface area contributed by atoms with Gasteiger partial charge >= 0.3 is 0 Å². The van der Waals surface area contributed by atoms with Gasteiger partial charge in [0.1, 0.15) is 11.5 Å². The summed E-state index contributed by atoms with van der Waals surface area (Å²) in [7, 11) is 1.62. The Hall–Kier alpha value is -1.22. The fourth-order valence-corrected chi connectivity index (χ4v) is 3.08. The Morgan fingerprint density at radius 1 is 1.15 bits per heavy atom. The van der Waals surface area contributed by atoms with Gasteiger partial charge in [0.05, 0.1) is 7.11 Å². The number of phenolic OH excluding ortho intramolecular Hbond substituents is 1. The first-order valence-corrected chi connectivity index (χ1v) is 7.83. The van der Waals surface area contributed by atoms with Crippen molar-refractivity contribution in [2.24, 2.45) is 0 Å². The quantitative estimate of drug-likeness (QED) is 0.868. The zero-order chi connectivity index (χ0) is 14.4. The molecule has 0 aromatic heterocycles. The number of hydrogen-bond donors (Lipinski definition) is 2. The summed E-state index contributed by atoms with van der Waals surface area (Å²) in [6.07, 6.45) is 9.25. The first kappa shape index (κ1) is 15.2. The van der Waals surface area contributed by atoms with Gasteiger partial charge in [-0.15, -0.1) is 0 Å². The van der Waals surface area contributed by atoms with Gasteiger partial charge < -0.3 is 15.2 Å². The monoisotopic (exact) mass is 277 g/mol. The van der Waals surface area contributed by atoms with Crippen molar-refractivity contribution < 1.29 is 9.84 Å². The smallest absolute Gasteiger partial charge is 0.124 e. The Morgan fingerprint density at radius 2 is 1.80 bits per heavy atom. The first-order valence-electron chi connectivity index (χ1n) is 7.83. The minimum absolute atomic E-state index is 0.172. The third kappa shape index (κ3) is 4.14. The lowest BCUT2D eigenvalue weighted by Crippen LogP contribution is -2.32. The van der Waals surface area contributed by atoms with E-state index >= 15 is 0 Å². The van der Waals surface area contributed by atoms with E-state index in [2.05, 4.69) is 12.2 Å². The molecular weight excluding hydrogens is 250 g/mol. The minimum atomic E-state index is 0.172. The maximum absolute atomic E-state index is 10.1. The van der Waals surface area contributed by atoms with Crippen LogP contribution in [0.1, 0.15) is 63.5 Å². The average Bonchev–Trinajstić information content (AvgIpc) is 2.41. The van der Waals surface area contributed by atoms with E-state index in [0.29, 0.717) is 17.5 Å². The molecule has 0 spiro atoms. The third-order valence-corrected chi connectivity index (χ3v) is 4.29. The van der Waals surface area contributed by atoms with Gasteiger partial charge in [0.2, 0.25) is 0 Å². The zero-order valence-electron chi connectivity index (χ0n) is 12.7. The number of nitrogens with one attached hydrogen (secondary N) is 1. The molecule has 1 aliphatic rings. The molecule has 1 aromatic rings. The maximum atomic E-state index is 10.1. The number of methoxy groups -OCH3 is 1. The standard InChI is InChI=1S/C17H27NO2/c1-13(16-11-10-15(20-2)12-17(16)19)18-14-8-6-4-3-5-7-9-14/h10-14,18-19H,3-9H2,1-2H3. The van der Waals surface area contributed by atoms with Crippen molar-refractivity contribution in [2.75, 3.05) is 7.11 Å². The molecule has 3 nitrogen and oxygen atoms in total. The van der Waals surface area contributed by atoms with E-state index in [-0.39, 0.29) is 6.04 Å². The number of ether oxygens (including phenoxy) is 1. The third-order valence-electron chi connectivity index (χ3n) is 4.29. The summed E-state index contributed by atoms with van der Waals surface area (Å²) >= 11 is 0.